The van der Waals surface area contributed by atoms with E-state index in [1.807, 2.05) is 0 Å². The summed E-state index contributed by atoms with van der Waals surface area (Å²) in [5, 5.41) is 0. The summed E-state index contributed by atoms with van der Waals surface area (Å²) in [5.41, 5.74) is 1.09. The van der Waals surface area contributed by atoms with E-state index >= 15 is 0 Å². The maximum atomic E-state index is 11.7. The molecule has 9 nitrogen and oxygen atoms in total. The molecule has 0 spiro atoms. The normalized spacial score (nSPS) is 11.4. The van der Waals surface area contributed by atoms with Crippen molar-refractivity contribution in [3.05, 3.63) is 59.0 Å². The summed E-state index contributed by atoms with van der Waals surface area (Å²) >= 11 is 0. The van der Waals surface area contributed by atoms with E-state index in [1.165, 1.54) is 48.5 Å². The maximum Gasteiger partial charge on any atom is 1.00 e. The van der Waals surface area contributed by atoms with Gasteiger partial charge in [0.1, 0.15) is 0 Å². The number of hydrogen-bond acceptors (Lipinski definition) is 5. The first-order valence-corrected chi connectivity index (χ1v) is 9.92. The molecule has 136 valence electrons. The van der Waals surface area contributed by atoms with Crippen molar-refractivity contribution < 1.29 is 85.1 Å². The Morgan fingerprint density at radius 3 is 1.14 bits per heavy atom. The van der Waals surface area contributed by atoms with Gasteiger partial charge in [-0.3, -0.25) is 9.11 Å². The van der Waals surface area contributed by atoms with E-state index in [0.29, 0.717) is 22.5 Å². The van der Waals surface area contributed by atoms with Crippen molar-refractivity contribution in [3.63, 3.8) is 0 Å². The second-order valence-electron chi connectivity index (χ2n) is 5.33. The zero-order valence-corrected chi connectivity index (χ0v) is 20.5. The third-order valence-electron chi connectivity index (χ3n) is 3.61. The van der Waals surface area contributed by atoms with Gasteiger partial charge in [0.15, 0.2) is 0 Å². The fourth-order valence-corrected chi connectivity index (χ4v) is 3.36. The van der Waals surface area contributed by atoms with Crippen LogP contribution in [0, 0.1) is 0 Å². The van der Waals surface area contributed by atoms with Gasteiger partial charge in [-0.25, -0.2) is 4.79 Å². The summed E-state index contributed by atoms with van der Waals surface area (Å²) in [7, 11) is -8.68. The number of nitrogens with one attached hydrogen (secondary N) is 2. The topological polar surface area (TPSA) is 157 Å². The van der Waals surface area contributed by atoms with Crippen LogP contribution in [-0.2, 0) is 20.2 Å². The predicted octanol–water partition coefficient (Wildman–Crippen LogP) is -4.46. The van der Waals surface area contributed by atoms with Crippen LogP contribution in [0.4, 0.5) is 0 Å². The van der Waals surface area contributed by atoms with Gasteiger partial charge >= 0.3 is 64.8 Å². The third kappa shape index (κ3) is 5.66. The summed E-state index contributed by atoms with van der Waals surface area (Å²) in [6.45, 7) is 0. The number of H-pyrrole nitrogens is 2. The minimum atomic E-state index is -4.34. The van der Waals surface area contributed by atoms with Crippen molar-refractivity contribution in [2.24, 2.45) is 0 Å². The molecular weight excluding hydrogens is 430 g/mol. The van der Waals surface area contributed by atoms with Crippen LogP contribution in [0.2, 0.25) is 0 Å². The molecule has 0 saturated heterocycles. The molecule has 0 bridgehead atoms. The molecular formula is C15H12N2Na2O7S2+2. The summed E-state index contributed by atoms with van der Waals surface area (Å²) in [6, 6.07) is 10.3. The molecule has 4 N–H and O–H groups in total. The number of aromatic nitrogens is 2. The maximum absolute atomic E-state index is 11.7. The van der Waals surface area contributed by atoms with Crippen molar-refractivity contribution in [3.8, 4) is 22.5 Å². The van der Waals surface area contributed by atoms with Gasteiger partial charge in [0, 0.05) is 11.1 Å². The van der Waals surface area contributed by atoms with Gasteiger partial charge in [-0.05, 0) is 24.3 Å². The standard InChI is InChI=1S/C15H12N2O7S2.2Na/c18-15-16-13(9-1-5-11(6-2-9)25(19,20)21)14(17-15)10-3-7-12(8-4-10)26(22,23)24;;/h1-8H,(H2,16,17,18)(H,19,20,21)(H,22,23,24);;/q;2*+1. The quantitative estimate of drug-likeness (QED) is 0.234. The summed E-state index contributed by atoms with van der Waals surface area (Å²) in [4.78, 5) is 16.3. The van der Waals surface area contributed by atoms with Crippen molar-refractivity contribution in [1.29, 1.82) is 0 Å². The van der Waals surface area contributed by atoms with Gasteiger partial charge < -0.3 is 9.97 Å². The molecule has 0 atom stereocenters. The first-order valence-electron chi connectivity index (χ1n) is 7.04. The zero-order chi connectivity index (χ0) is 19.1. The van der Waals surface area contributed by atoms with E-state index in [-0.39, 0.29) is 68.9 Å². The molecule has 3 aromatic rings. The molecule has 0 unspecified atom stereocenters. The second kappa shape index (κ2) is 9.39. The van der Waals surface area contributed by atoms with Crippen LogP contribution in [0.3, 0.4) is 0 Å². The predicted molar refractivity (Wildman–Crippen MR) is 91.9 cm³/mol. The minimum absolute atomic E-state index is 0. The van der Waals surface area contributed by atoms with Crippen LogP contribution in [0.25, 0.3) is 22.5 Å². The molecule has 2 aromatic carbocycles. The molecule has 3 rings (SSSR count). The Kier molecular flexibility index (Phi) is 8.49. The van der Waals surface area contributed by atoms with Crippen molar-refractivity contribution in [1.82, 2.24) is 9.97 Å². The van der Waals surface area contributed by atoms with Crippen molar-refractivity contribution in [2.45, 2.75) is 9.79 Å². The van der Waals surface area contributed by atoms with E-state index in [9.17, 15) is 21.6 Å². The van der Waals surface area contributed by atoms with Gasteiger partial charge in [-0.1, -0.05) is 24.3 Å². The fraction of sp³-hybridized carbons (Fsp3) is 0. The van der Waals surface area contributed by atoms with E-state index in [4.69, 9.17) is 9.11 Å². The smallest absolute Gasteiger partial charge is 0.305 e. The van der Waals surface area contributed by atoms with Crippen LogP contribution in [0.15, 0.2) is 63.1 Å². The van der Waals surface area contributed by atoms with Crippen LogP contribution >= 0.6 is 0 Å². The van der Waals surface area contributed by atoms with Gasteiger partial charge in [-0.15, -0.1) is 0 Å². The molecule has 0 saturated carbocycles. The number of hydrogen-bond donors (Lipinski definition) is 4. The Hall–Kier alpha value is -0.730. The van der Waals surface area contributed by atoms with E-state index in [2.05, 4.69) is 9.97 Å². The van der Waals surface area contributed by atoms with E-state index in [1.54, 1.807) is 0 Å². The van der Waals surface area contributed by atoms with Crippen LogP contribution in [0.5, 0.6) is 0 Å². The zero-order valence-electron chi connectivity index (χ0n) is 14.9. The molecule has 13 heteroatoms. The van der Waals surface area contributed by atoms with Gasteiger partial charge in [0.2, 0.25) is 0 Å². The van der Waals surface area contributed by atoms with Crippen LogP contribution in [0.1, 0.15) is 0 Å². The average molecular weight is 442 g/mol. The Morgan fingerprint density at radius 2 is 0.893 bits per heavy atom. The first kappa shape index (κ1) is 25.3. The number of aromatic amines is 2. The Balaban J connectivity index is 0.00000196. The molecule has 0 amide bonds. The summed E-state index contributed by atoms with van der Waals surface area (Å²) < 4.78 is 62.5. The van der Waals surface area contributed by atoms with Crippen LogP contribution in [-0.4, -0.2) is 35.9 Å². The number of rotatable bonds is 4. The molecule has 1 aromatic heterocycles. The molecule has 1 heterocycles. The van der Waals surface area contributed by atoms with Crippen molar-refractivity contribution >= 4 is 20.2 Å². The monoisotopic (exact) mass is 442 g/mol. The molecule has 0 fully saturated rings. The van der Waals surface area contributed by atoms with Gasteiger partial charge in [0.05, 0.1) is 21.2 Å². The van der Waals surface area contributed by atoms with Gasteiger partial charge in [-0.2, -0.15) is 16.8 Å². The number of imidazole rings is 1. The minimum Gasteiger partial charge on any atom is -0.305 e. The fourth-order valence-electron chi connectivity index (χ4n) is 2.40. The van der Waals surface area contributed by atoms with Crippen molar-refractivity contribution in [2.75, 3.05) is 0 Å². The molecule has 0 aliphatic rings. The first-order chi connectivity index (χ1) is 12.1. The Labute approximate surface area is 204 Å². The molecule has 0 aliphatic carbocycles. The van der Waals surface area contributed by atoms with E-state index in [0.717, 1.165) is 0 Å². The molecule has 0 aliphatic heterocycles. The Bertz CT molecular complexity index is 1130. The summed E-state index contributed by atoms with van der Waals surface area (Å²) in [6.07, 6.45) is 0. The molecule has 28 heavy (non-hydrogen) atoms. The largest absolute Gasteiger partial charge is 1.00 e. The third-order valence-corrected chi connectivity index (χ3v) is 5.34. The molecule has 0 radical (unpaired) electrons. The van der Waals surface area contributed by atoms with Gasteiger partial charge in [0.25, 0.3) is 20.2 Å². The number of benzene rings is 2. The Morgan fingerprint density at radius 1 is 0.607 bits per heavy atom. The van der Waals surface area contributed by atoms with E-state index < -0.39 is 25.9 Å². The van der Waals surface area contributed by atoms with Crippen LogP contribution < -0.4 is 64.8 Å². The summed E-state index contributed by atoms with van der Waals surface area (Å²) in [5.74, 6) is 0. The SMILES string of the molecule is O=c1[nH]c(-c2ccc(S(=O)(=O)O)cc2)c(-c2ccc(S(=O)(=O)O)cc2)[nH]1.[Na+].[Na+]. The second-order valence-corrected chi connectivity index (χ2v) is 8.17. The average Bonchev–Trinajstić information content (AvgIpc) is 2.95.